The van der Waals surface area contributed by atoms with E-state index in [0.29, 0.717) is 28.6 Å². The number of fused-ring (bicyclic) bond motifs is 1. The lowest BCUT2D eigenvalue weighted by molar-refractivity contribution is -0.154. The zero-order chi connectivity index (χ0) is 15.9. The molecule has 2 fully saturated rings. The van der Waals surface area contributed by atoms with E-state index in [-0.39, 0.29) is 5.41 Å². The SMILES string of the molecule is CCNC(=O)C12CCC(C)(C)CC1C(CC)C(C)(C)CC2. The lowest BCUT2D eigenvalue weighted by Gasteiger charge is -2.58. The molecular formula is C19H35NO. The number of carbonyl (C=O) groups is 1. The molecule has 2 aliphatic carbocycles. The first kappa shape index (κ1) is 16.8. The van der Waals surface area contributed by atoms with Gasteiger partial charge in [-0.15, -0.1) is 0 Å². The largest absolute Gasteiger partial charge is 0.356 e. The maximum Gasteiger partial charge on any atom is 0.226 e. The monoisotopic (exact) mass is 293 g/mol. The fraction of sp³-hybridized carbons (Fsp3) is 0.947. The van der Waals surface area contributed by atoms with Crippen molar-refractivity contribution in [1.82, 2.24) is 5.32 Å². The van der Waals surface area contributed by atoms with Crippen LogP contribution in [0.5, 0.6) is 0 Å². The fourth-order valence-electron chi connectivity index (χ4n) is 5.32. The zero-order valence-electron chi connectivity index (χ0n) is 15.0. The van der Waals surface area contributed by atoms with Gasteiger partial charge in [0.25, 0.3) is 0 Å². The van der Waals surface area contributed by atoms with Gasteiger partial charge in [0.15, 0.2) is 0 Å². The highest BCUT2D eigenvalue weighted by Crippen LogP contribution is 2.62. The lowest BCUT2D eigenvalue weighted by Crippen LogP contribution is -2.57. The van der Waals surface area contributed by atoms with Crippen molar-refractivity contribution in [3.8, 4) is 0 Å². The highest BCUT2D eigenvalue weighted by molar-refractivity contribution is 5.83. The summed E-state index contributed by atoms with van der Waals surface area (Å²) in [6, 6.07) is 0. The van der Waals surface area contributed by atoms with Crippen molar-refractivity contribution in [2.75, 3.05) is 6.54 Å². The molecule has 0 spiro atoms. The molecule has 3 unspecified atom stereocenters. The van der Waals surface area contributed by atoms with E-state index in [2.05, 4.69) is 39.9 Å². The fourth-order valence-corrected chi connectivity index (χ4v) is 5.32. The molecule has 2 aliphatic rings. The van der Waals surface area contributed by atoms with E-state index >= 15 is 0 Å². The molecule has 0 bridgehead atoms. The maximum absolute atomic E-state index is 12.9. The van der Waals surface area contributed by atoms with Gasteiger partial charge in [0.05, 0.1) is 5.41 Å². The summed E-state index contributed by atoms with van der Waals surface area (Å²) in [6.45, 7) is 14.7. The Hall–Kier alpha value is -0.530. The average Bonchev–Trinajstić information content (AvgIpc) is 2.37. The number of hydrogen-bond acceptors (Lipinski definition) is 1. The molecular weight excluding hydrogens is 258 g/mol. The Morgan fingerprint density at radius 3 is 2.24 bits per heavy atom. The second kappa shape index (κ2) is 5.59. The minimum atomic E-state index is -0.0816. The molecule has 2 heteroatoms. The summed E-state index contributed by atoms with van der Waals surface area (Å²) in [5.41, 5.74) is 0.687. The van der Waals surface area contributed by atoms with Crippen LogP contribution in [0.25, 0.3) is 0 Å². The Balaban J connectivity index is 2.39. The lowest BCUT2D eigenvalue weighted by atomic mass is 9.46. The first-order valence-corrected chi connectivity index (χ1v) is 8.97. The van der Waals surface area contributed by atoms with E-state index in [0.717, 1.165) is 19.4 Å². The molecule has 2 saturated carbocycles. The van der Waals surface area contributed by atoms with Crippen LogP contribution in [0, 0.1) is 28.1 Å². The van der Waals surface area contributed by atoms with Gasteiger partial charge in [0, 0.05) is 6.54 Å². The molecule has 21 heavy (non-hydrogen) atoms. The van der Waals surface area contributed by atoms with Crippen LogP contribution in [0.1, 0.15) is 80.1 Å². The summed E-state index contributed by atoms with van der Waals surface area (Å²) in [6.07, 6.45) is 6.98. The topological polar surface area (TPSA) is 29.1 Å². The van der Waals surface area contributed by atoms with Crippen LogP contribution in [-0.4, -0.2) is 12.5 Å². The summed E-state index contributed by atoms with van der Waals surface area (Å²) in [4.78, 5) is 12.9. The number of carbonyl (C=O) groups excluding carboxylic acids is 1. The van der Waals surface area contributed by atoms with Crippen LogP contribution in [0.3, 0.4) is 0 Å². The van der Waals surface area contributed by atoms with E-state index in [9.17, 15) is 4.79 Å². The zero-order valence-corrected chi connectivity index (χ0v) is 15.0. The minimum absolute atomic E-state index is 0.0816. The molecule has 3 atom stereocenters. The van der Waals surface area contributed by atoms with E-state index < -0.39 is 0 Å². The van der Waals surface area contributed by atoms with E-state index in [1.165, 1.54) is 25.7 Å². The Bertz CT molecular complexity index is 394. The van der Waals surface area contributed by atoms with E-state index in [1.807, 2.05) is 6.92 Å². The van der Waals surface area contributed by atoms with Gasteiger partial charge >= 0.3 is 0 Å². The third-order valence-electron chi connectivity index (χ3n) is 6.66. The second-order valence-corrected chi connectivity index (χ2v) is 8.99. The van der Waals surface area contributed by atoms with Crippen LogP contribution in [0.2, 0.25) is 0 Å². The second-order valence-electron chi connectivity index (χ2n) is 8.99. The van der Waals surface area contributed by atoms with Crippen molar-refractivity contribution >= 4 is 5.91 Å². The number of hydrogen-bond donors (Lipinski definition) is 1. The van der Waals surface area contributed by atoms with Gasteiger partial charge in [0.1, 0.15) is 0 Å². The van der Waals surface area contributed by atoms with Gasteiger partial charge in [-0.05, 0) is 61.7 Å². The molecule has 0 radical (unpaired) electrons. The minimum Gasteiger partial charge on any atom is -0.356 e. The van der Waals surface area contributed by atoms with Gasteiger partial charge in [-0.2, -0.15) is 0 Å². The van der Waals surface area contributed by atoms with Crippen molar-refractivity contribution in [3.63, 3.8) is 0 Å². The average molecular weight is 293 g/mol. The number of nitrogens with one attached hydrogen (secondary N) is 1. The summed E-state index contributed by atoms with van der Waals surface area (Å²) < 4.78 is 0. The molecule has 0 aromatic carbocycles. The molecule has 1 amide bonds. The summed E-state index contributed by atoms with van der Waals surface area (Å²) >= 11 is 0. The van der Waals surface area contributed by atoms with Crippen molar-refractivity contribution in [2.45, 2.75) is 80.1 Å². The summed E-state index contributed by atoms with van der Waals surface area (Å²) in [5, 5.41) is 3.17. The first-order valence-electron chi connectivity index (χ1n) is 8.97. The van der Waals surface area contributed by atoms with Crippen molar-refractivity contribution in [2.24, 2.45) is 28.1 Å². The molecule has 2 nitrogen and oxygen atoms in total. The molecule has 1 N–H and O–H groups in total. The molecule has 0 aromatic rings. The highest BCUT2D eigenvalue weighted by atomic mass is 16.2. The van der Waals surface area contributed by atoms with Crippen molar-refractivity contribution in [3.05, 3.63) is 0 Å². The predicted octanol–water partition coefficient (Wildman–Crippen LogP) is 4.78. The Morgan fingerprint density at radius 2 is 1.67 bits per heavy atom. The van der Waals surface area contributed by atoms with Crippen LogP contribution >= 0.6 is 0 Å². The maximum atomic E-state index is 12.9. The van der Waals surface area contributed by atoms with Gasteiger partial charge in [-0.3, -0.25) is 4.79 Å². The molecule has 122 valence electrons. The molecule has 0 aromatic heterocycles. The van der Waals surface area contributed by atoms with Crippen LogP contribution in [0.15, 0.2) is 0 Å². The molecule has 2 rings (SSSR count). The van der Waals surface area contributed by atoms with Gasteiger partial charge < -0.3 is 5.32 Å². The van der Waals surface area contributed by atoms with E-state index in [1.54, 1.807) is 0 Å². The Kier molecular flexibility index (Phi) is 4.48. The summed E-state index contributed by atoms with van der Waals surface area (Å²) in [5.74, 6) is 1.58. The predicted molar refractivity (Wildman–Crippen MR) is 89.0 cm³/mol. The third kappa shape index (κ3) is 2.87. The highest BCUT2D eigenvalue weighted by Gasteiger charge is 2.58. The normalized spacial score (nSPS) is 37.6. The molecule has 0 aliphatic heterocycles. The van der Waals surface area contributed by atoms with Crippen molar-refractivity contribution in [1.29, 1.82) is 0 Å². The smallest absolute Gasteiger partial charge is 0.226 e. The number of rotatable bonds is 3. The van der Waals surface area contributed by atoms with Crippen LogP contribution in [-0.2, 0) is 4.79 Å². The quantitative estimate of drug-likeness (QED) is 0.797. The first-order chi connectivity index (χ1) is 9.68. The summed E-state index contributed by atoms with van der Waals surface area (Å²) in [7, 11) is 0. The van der Waals surface area contributed by atoms with Crippen LogP contribution < -0.4 is 5.32 Å². The Morgan fingerprint density at radius 1 is 1.05 bits per heavy atom. The molecule has 0 heterocycles. The Labute approximate surface area is 131 Å². The van der Waals surface area contributed by atoms with Gasteiger partial charge in [0.2, 0.25) is 5.91 Å². The van der Waals surface area contributed by atoms with Crippen LogP contribution in [0.4, 0.5) is 0 Å². The number of amides is 1. The molecule has 0 saturated heterocycles. The standard InChI is InChI=1S/C19H35NO/c1-7-14-15-13-17(3,4)9-11-19(15,16(21)20-8-2)12-10-18(14,5)6/h14-15H,7-13H2,1-6H3,(H,20,21). The van der Waals surface area contributed by atoms with Crippen molar-refractivity contribution < 1.29 is 4.79 Å². The van der Waals surface area contributed by atoms with Gasteiger partial charge in [-0.1, -0.05) is 41.0 Å². The van der Waals surface area contributed by atoms with Gasteiger partial charge in [-0.25, -0.2) is 0 Å². The van der Waals surface area contributed by atoms with E-state index in [4.69, 9.17) is 0 Å². The third-order valence-corrected chi connectivity index (χ3v) is 6.66.